The zero-order valence-electron chi connectivity index (χ0n) is 16.0. The highest BCUT2D eigenvalue weighted by Crippen LogP contribution is 2.33. The Bertz CT molecular complexity index is 769. The van der Waals surface area contributed by atoms with Crippen LogP contribution in [0.4, 0.5) is 5.69 Å². The molecule has 6 nitrogen and oxygen atoms in total. The molecular weight excluding hydrogens is 414 g/mol. The molecule has 2 saturated heterocycles. The third kappa shape index (κ3) is 4.33. The number of carbonyl (C=O) groups excluding carboxylic acids is 1. The SMILES string of the molecule is C=S(=O)(N1CCN(c2ccc(SCCS)cc2)CC1)C1(C(N)=O)CCOCC1. The molecule has 2 aliphatic rings. The number of thiol groups is 1. The Morgan fingerprint density at radius 3 is 2.36 bits per heavy atom. The van der Waals surface area contributed by atoms with Crippen molar-refractivity contribution in [1.82, 2.24) is 4.31 Å². The molecule has 28 heavy (non-hydrogen) atoms. The molecule has 1 aromatic rings. The summed E-state index contributed by atoms with van der Waals surface area (Å²) in [6.07, 6.45) is 0.743. The third-order valence-corrected chi connectivity index (χ3v) is 10.1. The van der Waals surface area contributed by atoms with Crippen LogP contribution in [0.1, 0.15) is 12.8 Å². The van der Waals surface area contributed by atoms with Gasteiger partial charge in [-0.15, -0.1) is 11.8 Å². The van der Waals surface area contributed by atoms with Crippen molar-refractivity contribution in [2.24, 2.45) is 5.73 Å². The fraction of sp³-hybridized carbons (Fsp3) is 0.579. The Hall–Kier alpha value is -0.870. The molecule has 1 unspecified atom stereocenters. The molecule has 2 N–H and O–H groups in total. The summed E-state index contributed by atoms with van der Waals surface area (Å²) in [5.74, 6) is 5.35. The number of hydrogen-bond acceptors (Lipinski definition) is 6. The fourth-order valence-electron chi connectivity index (χ4n) is 3.83. The topological polar surface area (TPSA) is 75.9 Å². The van der Waals surface area contributed by atoms with Gasteiger partial charge in [0.1, 0.15) is 4.75 Å². The van der Waals surface area contributed by atoms with E-state index in [4.69, 9.17) is 10.5 Å². The molecule has 1 amide bonds. The van der Waals surface area contributed by atoms with Crippen molar-refractivity contribution in [1.29, 1.82) is 0 Å². The van der Waals surface area contributed by atoms with Crippen molar-refractivity contribution in [3.05, 3.63) is 24.3 Å². The van der Waals surface area contributed by atoms with Gasteiger partial charge in [0.05, 0.1) is 0 Å². The summed E-state index contributed by atoms with van der Waals surface area (Å²) < 4.78 is 19.8. The highest BCUT2D eigenvalue weighted by Gasteiger charge is 2.49. The van der Waals surface area contributed by atoms with E-state index >= 15 is 0 Å². The second kappa shape index (κ2) is 9.30. The number of ether oxygens (including phenoxy) is 1. The monoisotopic (exact) mass is 443 g/mol. The number of nitrogens with two attached hydrogens (primary N) is 1. The number of benzene rings is 1. The van der Waals surface area contributed by atoms with Crippen molar-refractivity contribution in [3.63, 3.8) is 0 Å². The predicted molar refractivity (Wildman–Crippen MR) is 122 cm³/mol. The minimum absolute atomic E-state index is 0.371. The average molecular weight is 444 g/mol. The van der Waals surface area contributed by atoms with Gasteiger partial charge >= 0.3 is 0 Å². The first-order chi connectivity index (χ1) is 13.4. The van der Waals surface area contributed by atoms with E-state index in [1.807, 2.05) is 4.31 Å². The number of hydrogen-bond donors (Lipinski definition) is 2. The molecule has 1 atom stereocenters. The Labute approximate surface area is 177 Å². The lowest BCUT2D eigenvalue weighted by Gasteiger charge is -2.45. The minimum Gasteiger partial charge on any atom is -0.381 e. The first-order valence-electron chi connectivity index (χ1n) is 9.49. The number of anilines is 1. The number of piperazine rings is 1. The summed E-state index contributed by atoms with van der Waals surface area (Å²) in [5, 5.41) is 0. The maximum absolute atomic E-state index is 13.7. The molecule has 3 rings (SSSR count). The summed E-state index contributed by atoms with van der Waals surface area (Å²) in [7, 11) is -2.83. The van der Waals surface area contributed by atoms with Gasteiger partial charge in [-0.05, 0) is 48.7 Å². The number of carbonyl (C=O) groups is 1. The minimum atomic E-state index is -2.83. The molecule has 2 aliphatic heterocycles. The van der Waals surface area contributed by atoms with Crippen LogP contribution in [0.2, 0.25) is 0 Å². The smallest absolute Gasteiger partial charge is 0.237 e. The van der Waals surface area contributed by atoms with Crippen molar-refractivity contribution < 1.29 is 13.7 Å². The zero-order valence-corrected chi connectivity index (χ0v) is 18.6. The summed E-state index contributed by atoms with van der Waals surface area (Å²) >= 11 is 6.04. The second-order valence-corrected chi connectivity index (χ2v) is 11.3. The molecule has 0 bridgehead atoms. The summed E-state index contributed by atoms with van der Waals surface area (Å²) in [4.78, 5) is 15.8. The van der Waals surface area contributed by atoms with Gasteiger partial charge in [-0.3, -0.25) is 9.00 Å². The van der Waals surface area contributed by atoms with Crippen LogP contribution < -0.4 is 10.6 Å². The van der Waals surface area contributed by atoms with Crippen molar-refractivity contribution >= 4 is 51.6 Å². The maximum atomic E-state index is 13.7. The third-order valence-electron chi connectivity index (χ3n) is 5.58. The van der Waals surface area contributed by atoms with E-state index in [1.165, 1.54) is 4.90 Å². The van der Waals surface area contributed by atoms with E-state index in [9.17, 15) is 9.00 Å². The van der Waals surface area contributed by atoms with Gasteiger partial charge in [0.15, 0.2) is 0 Å². The second-order valence-electron chi connectivity index (χ2n) is 7.09. The molecule has 0 saturated carbocycles. The van der Waals surface area contributed by atoms with E-state index in [2.05, 4.69) is 47.7 Å². The standard InChI is InChI=1S/C19H29N3O3S3/c1-28(24,19(18(20)23)6-12-25-13-7-19)22-10-8-21(9-11-22)16-2-4-17(5-3-16)27-15-14-26/h2-5,26H,1,6-15H2,(H2,20,23). The van der Waals surface area contributed by atoms with Gasteiger partial charge in [-0.1, -0.05) is 0 Å². The molecule has 1 aromatic carbocycles. The Morgan fingerprint density at radius 2 is 1.82 bits per heavy atom. The first kappa shape index (κ1) is 21.8. The van der Waals surface area contributed by atoms with Gasteiger partial charge in [-0.2, -0.15) is 12.6 Å². The average Bonchev–Trinajstić information content (AvgIpc) is 2.73. The Balaban J connectivity index is 1.66. The summed E-state index contributed by atoms with van der Waals surface area (Å²) in [6.45, 7) is 3.45. The van der Waals surface area contributed by atoms with Crippen LogP contribution in [0.15, 0.2) is 29.2 Å². The van der Waals surface area contributed by atoms with E-state index in [0.717, 1.165) is 30.3 Å². The number of rotatable bonds is 7. The normalized spacial score (nSPS) is 22.5. The van der Waals surface area contributed by atoms with Crippen molar-refractivity contribution in [3.8, 4) is 0 Å². The summed E-state index contributed by atoms with van der Waals surface area (Å²) in [5.41, 5.74) is 6.86. The van der Waals surface area contributed by atoms with Gasteiger partial charge < -0.3 is 15.4 Å². The molecule has 0 aliphatic carbocycles. The zero-order chi connectivity index (χ0) is 20.2. The van der Waals surface area contributed by atoms with Crippen molar-refractivity contribution in [2.45, 2.75) is 22.5 Å². The van der Waals surface area contributed by atoms with Gasteiger partial charge in [-0.25, -0.2) is 4.31 Å². The van der Waals surface area contributed by atoms with Crippen LogP contribution in [0.5, 0.6) is 0 Å². The van der Waals surface area contributed by atoms with Gasteiger partial charge in [0.25, 0.3) is 0 Å². The quantitative estimate of drug-likeness (QED) is 0.379. The number of amides is 1. The lowest BCUT2D eigenvalue weighted by atomic mass is 9.98. The predicted octanol–water partition coefficient (Wildman–Crippen LogP) is 1.50. The highest BCUT2D eigenvalue weighted by molar-refractivity contribution is 8.00. The maximum Gasteiger partial charge on any atom is 0.237 e. The van der Waals surface area contributed by atoms with Gasteiger partial charge in [0.2, 0.25) is 5.91 Å². The number of primary amides is 1. The van der Waals surface area contributed by atoms with Crippen LogP contribution in [0, 0.1) is 0 Å². The van der Waals surface area contributed by atoms with Crippen molar-refractivity contribution in [2.75, 3.05) is 55.8 Å². The molecular formula is C19H29N3O3S3. The Morgan fingerprint density at radius 1 is 1.21 bits per heavy atom. The molecule has 0 spiro atoms. The lowest BCUT2D eigenvalue weighted by Crippen LogP contribution is -2.61. The van der Waals surface area contributed by atoms with E-state index < -0.39 is 20.4 Å². The van der Waals surface area contributed by atoms with Crippen LogP contribution in [-0.4, -0.2) is 75.9 Å². The first-order valence-corrected chi connectivity index (χ1v) is 12.8. The molecule has 0 aromatic heterocycles. The van der Waals surface area contributed by atoms with E-state index in [0.29, 0.717) is 39.1 Å². The number of thioether (sulfide) groups is 1. The van der Waals surface area contributed by atoms with E-state index in [1.54, 1.807) is 11.8 Å². The molecule has 156 valence electrons. The molecule has 0 radical (unpaired) electrons. The largest absolute Gasteiger partial charge is 0.381 e. The summed E-state index contributed by atoms with van der Waals surface area (Å²) in [6, 6.07) is 8.51. The number of nitrogens with zero attached hydrogens (tertiary/aromatic N) is 2. The highest BCUT2D eigenvalue weighted by atomic mass is 32.2. The molecule has 2 heterocycles. The van der Waals surface area contributed by atoms with Crippen LogP contribution in [-0.2, 0) is 19.2 Å². The lowest BCUT2D eigenvalue weighted by molar-refractivity contribution is -0.122. The van der Waals surface area contributed by atoms with Crippen LogP contribution in [0.3, 0.4) is 0 Å². The molecule has 9 heteroatoms. The van der Waals surface area contributed by atoms with Gasteiger partial charge in [0, 0.05) is 65.4 Å². The van der Waals surface area contributed by atoms with Crippen LogP contribution >= 0.6 is 24.4 Å². The van der Waals surface area contributed by atoms with E-state index in [-0.39, 0.29) is 0 Å². The van der Waals surface area contributed by atoms with Crippen LogP contribution in [0.25, 0.3) is 0 Å². The Kier molecular flexibility index (Phi) is 7.25. The fourth-order valence-corrected chi connectivity index (χ4v) is 7.12. The molecule has 2 fully saturated rings.